The van der Waals surface area contributed by atoms with Gasteiger partial charge in [-0.15, -0.1) is 0 Å². The van der Waals surface area contributed by atoms with Gasteiger partial charge in [-0.05, 0) is 18.2 Å². The Hall–Kier alpha value is -2.38. The minimum Gasteiger partial charge on any atom is -0.487 e. The van der Waals surface area contributed by atoms with Crippen molar-refractivity contribution in [2.45, 2.75) is 13.0 Å². The summed E-state index contributed by atoms with van der Waals surface area (Å²) in [6, 6.07) is 10.2. The van der Waals surface area contributed by atoms with Crippen LogP contribution in [0.25, 0.3) is 0 Å². The monoisotopic (exact) mass is 288 g/mol. The van der Waals surface area contributed by atoms with Crippen LogP contribution in [0.3, 0.4) is 0 Å². The van der Waals surface area contributed by atoms with Crippen LogP contribution in [0, 0.1) is 23.5 Å². The summed E-state index contributed by atoms with van der Waals surface area (Å²) in [4.78, 5) is 0. The summed E-state index contributed by atoms with van der Waals surface area (Å²) >= 11 is 0. The van der Waals surface area contributed by atoms with Crippen molar-refractivity contribution < 1.29 is 18.6 Å². The van der Waals surface area contributed by atoms with E-state index in [4.69, 9.17) is 9.84 Å². The maximum Gasteiger partial charge on any atom is 0.138 e. The average Bonchev–Trinajstić information content (AvgIpc) is 2.48. The van der Waals surface area contributed by atoms with Crippen molar-refractivity contribution in [3.05, 3.63) is 65.2 Å². The second-order valence-corrected chi connectivity index (χ2v) is 4.30. The van der Waals surface area contributed by atoms with Crippen LogP contribution in [0.15, 0.2) is 42.5 Å². The molecule has 0 atom stereocenters. The van der Waals surface area contributed by atoms with Gasteiger partial charge in [0.05, 0.1) is 12.2 Å². The van der Waals surface area contributed by atoms with Crippen molar-refractivity contribution in [2.24, 2.45) is 0 Å². The maximum atomic E-state index is 13.5. The van der Waals surface area contributed by atoms with Gasteiger partial charge in [0, 0.05) is 18.1 Å². The Morgan fingerprint density at radius 2 is 1.90 bits per heavy atom. The molecule has 2 aromatic rings. The minimum absolute atomic E-state index is 0.00912. The Kier molecular flexibility index (Phi) is 5.30. The second kappa shape index (κ2) is 7.41. The molecular formula is C17H14F2O2. The number of benzene rings is 2. The number of rotatable bonds is 4. The van der Waals surface area contributed by atoms with Crippen molar-refractivity contribution in [3.63, 3.8) is 0 Å². The Morgan fingerprint density at radius 1 is 1.10 bits per heavy atom. The predicted octanol–water partition coefficient (Wildman–Crippen LogP) is 3.28. The van der Waals surface area contributed by atoms with Crippen LogP contribution in [-0.4, -0.2) is 11.7 Å². The number of aliphatic hydroxyl groups is 1. The SMILES string of the molecule is OCCC#Cc1ccc(F)cc1OCc1ccccc1F. The molecule has 108 valence electrons. The highest BCUT2D eigenvalue weighted by Gasteiger charge is 2.06. The van der Waals surface area contributed by atoms with Crippen molar-refractivity contribution in [1.29, 1.82) is 0 Å². The first-order valence-electron chi connectivity index (χ1n) is 6.46. The summed E-state index contributed by atoms with van der Waals surface area (Å²) in [5.74, 6) is 4.97. The number of halogens is 2. The molecule has 0 aliphatic heterocycles. The van der Waals surface area contributed by atoms with Gasteiger partial charge in [0.1, 0.15) is 24.0 Å². The van der Waals surface area contributed by atoms with Gasteiger partial charge >= 0.3 is 0 Å². The van der Waals surface area contributed by atoms with Crippen molar-refractivity contribution in [2.75, 3.05) is 6.61 Å². The number of hydrogen-bond acceptors (Lipinski definition) is 2. The van der Waals surface area contributed by atoms with Gasteiger partial charge in [-0.3, -0.25) is 0 Å². The molecule has 0 unspecified atom stereocenters. The number of hydrogen-bond donors (Lipinski definition) is 1. The normalized spacial score (nSPS) is 9.86. The Balaban J connectivity index is 2.17. The molecule has 0 amide bonds. The van der Waals surface area contributed by atoms with Gasteiger partial charge in [-0.1, -0.05) is 30.0 Å². The molecule has 21 heavy (non-hydrogen) atoms. The van der Waals surface area contributed by atoms with Crippen molar-refractivity contribution in [3.8, 4) is 17.6 Å². The molecule has 2 aromatic carbocycles. The van der Waals surface area contributed by atoms with E-state index in [1.165, 1.54) is 24.3 Å². The molecule has 0 radical (unpaired) electrons. The standard InChI is InChI=1S/C17H14F2O2/c18-15-9-8-13(5-3-4-10-20)17(11-15)21-12-14-6-1-2-7-16(14)19/h1-2,6-9,11,20H,4,10,12H2. The molecule has 0 aliphatic carbocycles. The summed E-state index contributed by atoms with van der Waals surface area (Å²) in [6.45, 7) is -0.0512. The average molecular weight is 288 g/mol. The summed E-state index contributed by atoms with van der Waals surface area (Å²) in [6.07, 6.45) is 0.324. The summed E-state index contributed by atoms with van der Waals surface area (Å²) in [5.41, 5.74) is 0.886. The summed E-state index contributed by atoms with van der Waals surface area (Å²) in [7, 11) is 0. The zero-order chi connectivity index (χ0) is 15.1. The maximum absolute atomic E-state index is 13.5. The molecule has 0 aromatic heterocycles. The first-order chi connectivity index (χ1) is 10.2. The highest BCUT2D eigenvalue weighted by atomic mass is 19.1. The largest absolute Gasteiger partial charge is 0.487 e. The fourth-order valence-corrected chi connectivity index (χ4v) is 1.70. The number of ether oxygens (including phenoxy) is 1. The lowest BCUT2D eigenvalue weighted by Gasteiger charge is -2.09. The van der Waals surface area contributed by atoms with E-state index in [1.54, 1.807) is 18.2 Å². The third-order valence-corrected chi connectivity index (χ3v) is 2.74. The summed E-state index contributed by atoms with van der Waals surface area (Å²) < 4.78 is 32.3. The van der Waals surface area contributed by atoms with Crippen molar-refractivity contribution >= 4 is 0 Å². The molecule has 0 aliphatic rings. The molecule has 4 heteroatoms. The quantitative estimate of drug-likeness (QED) is 0.875. The van der Waals surface area contributed by atoms with E-state index in [-0.39, 0.29) is 24.8 Å². The van der Waals surface area contributed by atoms with Gasteiger partial charge in [-0.25, -0.2) is 8.78 Å². The van der Waals surface area contributed by atoms with E-state index < -0.39 is 5.82 Å². The van der Waals surface area contributed by atoms with E-state index in [2.05, 4.69) is 11.8 Å². The minimum atomic E-state index is -0.453. The predicted molar refractivity (Wildman–Crippen MR) is 75.7 cm³/mol. The Morgan fingerprint density at radius 3 is 2.67 bits per heavy atom. The first kappa shape index (κ1) is 15.0. The third-order valence-electron chi connectivity index (χ3n) is 2.74. The smallest absolute Gasteiger partial charge is 0.138 e. The summed E-state index contributed by atoms with van der Waals surface area (Å²) in [5, 5.41) is 8.70. The van der Waals surface area contributed by atoms with Crippen LogP contribution in [0.2, 0.25) is 0 Å². The molecule has 2 nitrogen and oxygen atoms in total. The zero-order valence-electron chi connectivity index (χ0n) is 11.3. The van der Waals surface area contributed by atoms with Crippen LogP contribution >= 0.6 is 0 Å². The van der Waals surface area contributed by atoms with Gasteiger partial charge < -0.3 is 9.84 Å². The number of aliphatic hydroxyl groups excluding tert-OH is 1. The Bertz CT molecular complexity index is 672. The molecule has 1 N–H and O–H groups in total. The molecule has 0 saturated carbocycles. The topological polar surface area (TPSA) is 29.5 Å². The van der Waals surface area contributed by atoms with Gasteiger partial charge in [0.25, 0.3) is 0 Å². The lowest BCUT2D eigenvalue weighted by Crippen LogP contribution is -2.00. The molecule has 0 saturated heterocycles. The molecule has 0 fully saturated rings. The highest BCUT2D eigenvalue weighted by molar-refractivity contribution is 5.46. The van der Waals surface area contributed by atoms with Crippen LogP contribution in [0.1, 0.15) is 17.5 Å². The lowest BCUT2D eigenvalue weighted by molar-refractivity contribution is 0.297. The highest BCUT2D eigenvalue weighted by Crippen LogP contribution is 2.21. The van der Waals surface area contributed by atoms with E-state index in [1.807, 2.05) is 0 Å². The van der Waals surface area contributed by atoms with E-state index in [0.29, 0.717) is 17.5 Å². The van der Waals surface area contributed by atoms with Crippen LogP contribution in [0.5, 0.6) is 5.75 Å². The van der Waals surface area contributed by atoms with E-state index in [0.717, 1.165) is 0 Å². The Labute approximate surface area is 122 Å². The fraction of sp³-hybridized carbons (Fsp3) is 0.176. The fourth-order valence-electron chi connectivity index (χ4n) is 1.70. The van der Waals surface area contributed by atoms with Gasteiger partial charge in [0.15, 0.2) is 0 Å². The van der Waals surface area contributed by atoms with E-state index in [9.17, 15) is 8.78 Å². The first-order valence-corrected chi connectivity index (χ1v) is 6.46. The zero-order valence-corrected chi connectivity index (χ0v) is 11.3. The third kappa shape index (κ3) is 4.30. The molecule has 2 rings (SSSR count). The molecular weight excluding hydrogens is 274 g/mol. The molecule has 0 bridgehead atoms. The molecule has 0 heterocycles. The second-order valence-electron chi connectivity index (χ2n) is 4.30. The van der Waals surface area contributed by atoms with E-state index >= 15 is 0 Å². The van der Waals surface area contributed by atoms with Crippen LogP contribution in [0.4, 0.5) is 8.78 Å². The van der Waals surface area contributed by atoms with Crippen molar-refractivity contribution in [1.82, 2.24) is 0 Å². The van der Waals surface area contributed by atoms with Gasteiger partial charge in [0.2, 0.25) is 0 Å². The lowest BCUT2D eigenvalue weighted by atomic mass is 10.2. The molecule has 0 spiro atoms. The van der Waals surface area contributed by atoms with Crippen LogP contribution < -0.4 is 4.74 Å². The van der Waals surface area contributed by atoms with Gasteiger partial charge in [-0.2, -0.15) is 0 Å². The van der Waals surface area contributed by atoms with Crippen LogP contribution in [-0.2, 0) is 6.61 Å².